The summed E-state index contributed by atoms with van der Waals surface area (Å²) in [6.45, 7) is 0. The maximum absolute atomic E-state index is 6.65. The summed E-state index contributed by atoms with van der Waals surface area (Å²) in [6, 6.07) is 73.2. The number of ether oxygens (including phenoxy) is 1. The number of anilines is 3. The maximum atomic E-state index is 6.65. The van der Waals surface area contributed by atoms with Crippen molar-refractivity contribution >= 4 is 59.3 Å². The lowest BCUT2D eigenvalue weighted by molar-refractivity contribution is 0.436. The molecular formula is C53H33NOS. The number of nitrogens with zero attached hydrogens (tertiary/aromatic N) is 1. The minimum atomic E-state index is -0.546. The maximum Gasteiger partial charge on any atom is 0.132 e. The van der Waals surface area contributed by atoms with E-state index in [4.69, 9.17) is 4.74 Å². The molecule has 262 valence electrons. The highest BCUT2D eigenvalue weighted by Crippen LogP contribution is 2.63. The molecule has 0 radical (unpaired) electrons. The van der Waals surface area contributed by atoms with E-state index in [9.17, 15) is 0 Å². The van der Waals surface area contributed by atoms with E-state index >= 15 is 0 Å². The number of benzene rings is 9. The van der Waals surface area contributed by atoms with E-state index in [1.165, 1.54) is 75.5 Å². The molecule has 0 bridgehead atoms. The van der Waals surface area contributed by atoms with Gasteiger partial charge in [-0.25, -0.2) is 0 Å². The van der Waals surface area contributed by atoms with E-state index in [2.05, 4.69) is 205 Å². The van der Waals surface area contributed by atoms with E-state index in [0.717, 1.165) is 28.6 Å². The summed E-state index contributed by atoms with van der Waals surface area (Å²) in [5, 5.41) is 5.06. The third-order valence-corrected chi connectivity index (χ3v) is 13.1. The Kier molecular flexibility index (Phi) is 6.75. The first-order chi connectivity index (χ1) is 27.8. The molecule has 0 atom stereocenters. The summed E-state index contributed by atoms with van der Waals surface area (Å²) < 4.78 is 9.25. The lowest BCUT2D eigenvalue weighted by atomic mass is 9.66. The molecule has 0 N–H and O–H groups in total. The molecule has 9 aromatic carbocycles. The summed E-state index contributed by atoms with van der Waals surface area (Å²) in [7, 11) is 0. The quantitative estimate of drug-likeness (QED) is 0.179. The monoisotopic (exact) mass is 731 g/mol. The molecule has 1 aliphatic heterocycles. The van der Waals surface area contributed by atoms with Gasteiger partial charge in [-0.3, -0.25) is 0 Å². The molecule has 1 aliphatic carbocycles. The van der Waals surface area contributed by atoms with Gasteiger partial charge in [-0.1, -0.05) is 140 Å². The van der Waals surface area contributed by atoms with Crippen molar-refractivity contribution in [3.8, 4) is 33.8 Å². The minimum absolute atomic E-state index is 0.546. The summed E-state index contributed by atoms with van der Waals surface area (Å²) in [6.07, 6.45) is 0. The van der Waals surface area contributed by atoms with Crippen LogP contribution in [0.3, 0.4) is 0 Å². The topological polar surface area (TPSA) is 12.5 Å². The SMILES string of the molecule is c1ccc(-c2ccc(N(c3ccc4c(c3)-c3c(ccc5ccccc35)C43c4ccccc4Oc4ccccc43)c3ccc4sc5ccccc5c4c3)cc2)cc1. The normalized spacial score (nSPS) is 13.3. The Labute approximate surface area is 329 Å². The van der Waals surface area contributed by atoms with Crippen LogP contribution in [0.15, 0.2) is 200 Å². The first-order valence-corrected chi connectivity index (χ1v) is 20.0. The lowest BCUT2D eigenvalue weighted by Gasteiger charge is -2.39. The highest BCUT2D eigenvalue weighted by Gasteiger charge is 2.51. The van der Waals surface area contributed by atoms with E-state index < -0.39 is 5.41 Å². The van der Waals surface area contributed by atoms with Gasteiger partial charge in [-0.05, 0) is 105 Å². The van der Waals surface area contributed by atoms with Gasteiger partial charge in [-0.15, -0.1) is 11.3 Å². The van der Waals surface area contributed by atoms with E-state index in [-0.39, 0.29) is 0 Å². The zero-order valence-electron chi connectivity index (χ0n) is 30.3. The zero-order valence-corrected chi connectivity index (χ0v) is 31.1. The van der Waals surface area contributed by atoms with Crippen LogP contribution in [-0.2, 0) is 5.41 Å². The molecule has 2 heterocycles. The molecule has 2 aliphatic rings. The van der Waals surface area contributed by atoms with Crippen molar-refractivity contribution in [1.82, 2.24) is 0 Å². The van der Waals surface area contributed by atoms with Gasteiger partial charge in [0.15, 0.2) is 0 Å². The fraction of sp³-hybridized carbons (Fsp3) is 0.0189. The zero-order chi connectivity index (χ0) is 36.8. The van der Waals surface area contributed by atoms with Crippen LogP contribution in [0.5, 0.6) is 11.5 Å². The molecule has 3 heteroatoms. The fourth-order valence-electron chi connectivity index (χ4n) is 9.53. The molecule has 10 aromatic rings. The van der Waals surface area contributed by atoms with Crippen LogP contribution in [-0.4, -0.2) is 0 Å². The second-order valence-corrected chi connectivity index (χ2v) is 15.9. The Morgan fingerprint density at radius 2 is 0.982 bits per heavy atom. The van der Waals surface area contributed by atoms with Gasteiger partial charge in [0.1, 0.15) is 11.5 Å². The van der Waals surface area contributed by atoms with Crippen molar-refractivity contribution in [2.24, 2.45) is 0 Å². The fourth-order valence-corrected chi connectivity index (χ4v) is 10.6. The molecule has 1 aromatic heterocycles. The van der Waals surface area contributed by atoms with Crippen LogP contribution >= 0.6 is 11.3 Å². The predicted octanol–water partition coefficient (Wildman–Crippen LogP) is 14.8. The third-order valence-electron chi connectivity index (χ3n) is 11.9. The second kappa shape index (κ2) is 12.0. The molecule has 0 unspecified atom stereocenters. The molecule has 0 saturated carbocycles. The minimum Gasteiger partial charge on any atom is -0.457 e. The molecule has 2 nitrogen and oxygen atoms in total. The van der Waals surface area contributed by atoms with Crippen LogP contribution in [0.25, 0.3) is 53.2 Å². The molecule has 56 heavy (non-hydrogen) atoms. The van der Waals surface area contributed by atoms with E-state index in [1.54, 1.807) is 0 Å². The van der Waals surface area contributed by atoms with Gasteiger partial charge in [0.25, 0.3) is 0 Å². The van der Waals surface area contributed by atoms with Crippen LogP contribution in [0.1, 0.15) is 22.3 Å². The average Bonchev–Trinajstić information content (AvgIpc) is 3.78. The Morgan fingerprint density at radius 1 is 0.393 bits per heavy atom. The lowest BCUT2D eigenvalue weighted by Crippen LogP contribution is -2.32. The van der Waals surface area contributed by atoms with Crippen LogP contribution in [0.2, 0.25) is 0 Å². The van der Waals surface area contributed by atoms with Crippen molar-refractivity contribution < 1.29 is 4.74 Å². The van der Waals surface area contributed by atoms with Gasteiger partial charge in [-0.2, -0.15) is 0 Å². The molecular weight excluding hydrogens is 699 g/mol. The van der Waals surface area contributed by atoms with Gasteiger partial charge >= 0.3 is 0 Å². The predicted molar refractivity (Wildman–Crippen MR) is 234 cm³/mol. The number of rotatable bonds is 4. The Morgan fingerprint density at radius 3 is 1.79 bits per heavy atom. The summed E-state index contributed by atoms with van der Waals surface area (Å²) >= 11 is 1.86. The van der Waals surface area contributed by atoms with Crippen molar-refractivity contribution in [3.05, 3.63) is 222 Å². The van der Waals surface area contributed by atoms with Crippen molar-refractivity contribution in [1.29, 1.82) is 0 Å². The van der Waals surface area contributed by atoms with Gasteiger partial charge in [0.05, 0.1) is 5.41 Å². The smallest absolute Gasteiger partial charge is 0.132 e. The first-order valence-electron chi connectivity index (χ1n) is 19.2. The summed E-state index contributed by atoms with van der Waals surface area (Å²) in [4.78, 5) is 2.43. The van der Waals surface area contributed by atoms with Crippen LogP contribution in [0.4, 0.5) is 17.1 Å². The second-order valence-electron chi connectivity index (χ2n) is 14.8. The number of hydrogen-bond acceptors (Lipinski definition) is 3. The Balaban J connectivity index is 1.13. The molecule has 0 fully saturated rings. The Bertz CT molecular complexity index is 3130. The van der Waals surface area contributed by atoms with Crippen molar-refractivity contribution in [2.75, 3.05) is 4.90 Å². The van der Waals surface area contributed by atoms with Crippen molar-refractivity contribution in [3.63, 3.8) is 0 Å². The number of hydrogen-bond donors (Lipinski definition) is 0. The van der Waals surface area contributed by atoms with Gasteiger partial charge < -0.3 is 9.64 Å². The average molecular weight is 732 g/mol. The number of thiophene rings is 1. The van der Waals surface area contributed by atoms with Crippen molar-refractivity contribution in [2.45, 2.75) is 5.41 Å². The highest BCUT2D eigenvalue weighted by atomic mass is 32.1. The van der Waals surface area contributed by atoms with Crippen LogP contribution in [0, 0.1) is 0 Å². The molecule has 12 rings (SSSR count). The van der Waals surface area contributed by atoms with Gasteiger partial charge in [0, 0.05) is 48.4 Å². The summed E-state index contributed by atoms with van der Waals surface area (Å²) in [5.74, 6) is 1.80. The molecule has 1 spiro atoms. The first kappa shape index (κ1) is 31.4. The van der Waals surface area contributed by atoms with Gasteiger partial charge in [0.2, 0.25) is 0 Å². The number of para-hydroxylation sites is 2. The standard InChI is InChI=1S/C53H33NOS/c1-2-12-34(13-3-1)35-22-25-37(26-23-35)54(39-28-31-51-42(32-39)41-16-6-11-21-50(41)56-51)38-27-30-44-43(33-38)52-40-15-5-4-14-36(40)24-29-47(52)53(44)45-17-7-9-19-48(45)55-49-20-10-8-18-46(49)53/h1-33H. The summed E-state index contributed by atoms with van der Waals surface area (Å²) in [5.41, 5.74) is 12.6. The molecule has 0 amide bonds. The van der Waals surface area contributed by atoms with E-state index in [1.807, 2.05) is 11.3 Å². The van der Waals surface area contributed by atoms with E-state index in [0.29, 0.717) is 0 Å². The number of fused-ring (bicyclic) bond motifs is 14. The molecule has 0 saturated heterocycles. The third kappa shape index (κ3) is 4.43. The largest absolute Gasteiger partial charge is 0.457 e. The Hall–Kier alpha value is -6.94. The van der Waals surface area contributed by atoms with Crippen LogP contribution < -0.4 is 9.64 Å². The highest BCUT2D eigenvalue weighted by molar-refractivity contribution is 7.25.